The van der Waals surface area contributed by atoms with E-state index in [1.807, 2.05) is 0 Å². The molecule has 0 aliphatic heterocycles. The van der Waals surface area contributed by atoms with E-state index in [-0.39, 0.29) is 5.69 Å². The number of nitrogens with one attached hydrogen (secondary N) is 2. The van der Waals surface area contributed by atoms with Crippen molar-refractivity contribution in [2.75, 3.05) is 12.4 Å². The van der Waals surface area contributed by atoms with Crippen molar-refractivity contribution < 1.29 is 9.66 Å². The number of nitro groups is 1. The van der Waals surface area contributed by atoms with Gasteiger partial charge in [-0.15, -0.1) is 0 Å². The Balaban J connectivity index is 2.18. The second-order valence-electron chi connectivity index (χ2n) is 3.53. The van der Waals surface area contributed by atoms with Crippen LogP contribution < -0.4 is 10.1 Å². The van der Waals surface area contributed by atoms with Gasteiger partial charge in [0.05, 0.1) is 24.6 Å². The Labute approximate surface area is 103 Å². The summed E-state index contributed by atoms with van der Waals surface area (Å²) < 4.78 is 4.96. The van der Waals surface area contributed by atoms with Crippen molar-refractivity contribution in [1.82, 2.24) is 9.97 Å². The van der Waals surface area contributed by atoms with Gasteiger partial charge in [-0.2, -0.15) is 0 Å². The zero-order valence-electron chi connectivity index (χ0n) is 9.71. The van der Waals surface area contributed by atoms with Crippen molar-refractivity contribution in [2.24, 2.45) is 0 Å². The smallest absolute Gasteiger partial charge is 0.296 e. The third-order valence-electron chi connectivity index (χ3n) is 2.40. The lowest BCUT2D eigenvalue weighted by Gasteiger charge is -2.07. The largest absolute Gasteiger partial charge is 0.496 e. The summed E-state index contributed by atoms with van der Waals surface area (Å²) in [4.78, 5) is 17.4. The van der Waals surface area contributed by atoms with Crippen molar-refractivity contribution in [2.45, 2.75) is 6.54 Å². The van der Waals surface area contributed by atoms with E-state index in [2.05, 4.69) is 15.3 Å². The van der Waals surface area contributed by atoms with Crippen LogP contribution in [0.3, 0.4) is 0 Å². The molecular weight excluding hydrogens is 236 g/mol. The Morgan fingerprint density at radius 1 is 1.56 bits per heavy atom. The number of rotatable bonds is 5. The van der Waals surface area contributed by atoms with Crippen LogP contribution in [-0.4, -0.2) is 22.0 Å². The summed E-state index contributed by atoms with van der Waals surface area (Å²) in [6, 6.07) is 4.65. The predicted octanol–water partition coefficient (Wildman–Crippen LogP) is 1.94. The number of H-pyrrole nitrogens is 1. The summed E-state index contributed by atoms with van der Waals surface area (Å²) in [7, 11) is 1.47. The molecule has 0 unspecified atom stereocenters. The zero-order valence-corrected chi connectivity index (χ0v) is 9.71. The van der Waals surface area contributed by atoms with Crippen molar-refractivity contribution in [1.29, 1.82) is 0 Å². The maximum absolute atomic E-state index is 10.9. The first-order valence-electron chi connectivity index (χ1n) is 5.25. The molecule has 0 bridgehead atoms. The summed E-state index contributed by atoms with van der Waals surface area (Å²) in [6.45, 7) is 0.389. The minimum Gasteiger partial charge on any atom is -0.496 e. The van der Waals surface area contributed by atoms with Crippen LogP contribution in [0.15, 0.2) is 30.6 Å². The van der Waals surface area contributed by atoms with Gasteiger partial charge in [0.1, 0.15) is 17.3 Å². The Morgan fingerprint density at radius 2 is 2.39 bits per heavy atom. The second-order valence-corrected chi connectivity index (χ2v) is 3.53. The number of benzene rings is 1. The second kappa shape index (κ2) is 5.17. The highest BCUT2D eigenvalue weighted by atomic mass is 16.6. The van der Waals surface area contributed by atoms with Crippen LogP contribution in [0, 0.1) is 10.1 Å². The Kier molecular flexibility index (Phi) is 3.42. The molecule has 0 amide bonds. The number of methoxy groups -OCH3 is 1. The lowest BCUT2D eigenvalue weighted by molar-refractivity contribution is -0.384. The van der Waals surface area contributed by atoms with Crippen LogP contribution in [-0.2, 0) is 6.54 Å². The SMILES string of the molecule is COc1ccc(NCc2ncc[nH]2)c([N+](=O)[O-])c1. The molecule has 1 heterocycles. The fourth-order valence-electron chi connectivity index (χ4n) is 1.51. The summed E-state index contributed by atoms with van der Waals surface area (Å²) in [5, 5.41) is 13.9. The highest BCUT2D eigenvalue weighted by Crippen LogP contribution is 2.29. The van der Waals surface area contributed by atoms with Gasteiger partial charge in [-0.25, -0.2) is 4.98 Å². The summed E-state index contributed by atoms with van der Waals surface area (Å²) in [5.74, 6) is 1.16. The summed E-state index contributed by atoms with van der Waals surface area (Å²) >= 11 is 0. The number of anilines is 1. The number of hydrogen-bond donors (Lipinski definition) is 2. The van der Waals surface area contributed by atoms with E-state index < -0.39 is 4.92 Å². The van der Waals surface area contributed by atoms with E-state index in [1.165, 1.54) is 13.2 Å². The molecule has 18 heavy (non-hydrogen) atoms. The minimum absolute atomic E-state index is 0.0269. The van der Waals surface area contributed by atoms with Crippen molar-refractivity contribution in [3.63, 3.8) is 0 Å². The molecule has 0 saturated heterocycles. The molecule has 0 spiro atoms. The number of aromatic nitrogens is 2. The van der Waals surface area contributed by atoms with Crippen LogP contribution in [0.4, 0.5) is 11.4 Å². The number of nitrogens with zero attached hydrogens (tertiary/aromatic N) is 2. The van der Waals surface area contributed by atoms with Crippen molar-refractivity contribution in [3.8, 4) is 5.75 Å². The first-order chi connectivity index (χ1) is 8.70. The Bertz CT molecular complexity index is 539. The van der Waals surface area contributed by atoms with E-state index in [4.69, 9.17) is 4.74 Å². The van der Waals surface area contributed by atoms with Gasteiger partial charge in [-0.05, 0) is 12.1 Å². The van der Waals surface area contributed by atoms with Gasteiger partial charge in [0.2, 0.25) is 0 Å². The van der Waals surface area contributed by atoms with Gasteiger partial charge in [-0.3, -0.25) is 10.1 Å². The van der Waals surface area contributed by atoms with Gasteiger partial charge in [0, 0.05) is 12.4 Å². The monoisotopic (exact) mass is 248 g/mol. The van der Waals surface area contributed by atoms with Crippen LogP contribution in [0.25, 0.3) is 0 Å². The third kappa shape index (κ3) is 2.57. The van der Waals surface area contributed by atoms with Crippen molar-refractivity contribution >= 4 is 11.4 Å². The topological polar surface area (TPSA) is 93.1 Å². The number of hydrogen-bond acceptors (Lipinski definition) is 5. The van der Waals surface area contributed by atoms with E-state index in [0.29, 0.717) is 23.8 Å². The number of imidazole rings is 1. The lowest BCUT2D eigenvalue weighted by Crippen LogP contribution is -2.04. The quantitative estimate of drug-likeness (QED) is 0.623. The molecule has 0 saturated carbocycles. The normalized spacial score (nSPS) is 10.1. The summed E-state index contributed by atoms with van der Waals surface area (Å²) in [5.41, 5.74) is 0.401. The Morgan fingerprint density at radius 3 is 3.00 bits per heavy atom. The van der Waals surface area contributed by atoms with Crippen LogP contribution >= 0.6 is 0 Å². The van der Waals surface area contributed by atoms with Gasteiger partial charge >= 0.3 is 0 Å². The number of nitro benzene ring substituents is 1. The molecule has 1 aromatic heterocycles. The lowest BCUT2D eigenvalue weighted by atomic mass is 10.2. The zero-order chi connectivity index (χ0) is 13.0. The molecule has 0 aliphatic carbocycles. The predicted molar refractivity (Wildman–Crippen MR) is 65.6 cm³/mol. The number of ether oxygens (including phenoxy) is 1. The van der Waals surface area contributed by atoms with Gasteiger partial charge in [-0.1, -0.05) is 0 Å². The van der Waals surface area contributed by atoms with E-state index >= 15 is 0 Å². The molecule has 2 N–H and O–H groups in total. The Hall–Kier alpha value is -2.57. The molecule has 0 aliphatic rings. The van der Waals surface area contributed by atoms with Crippen LogP contribution in [0.5, 0.6) is 5.75 Å². The average Bonchev–Trinajstić information content (AvgIpc) is 2.89. The third-order valence-corrected chi connectivity index (χ3v) is 2.40. The van der Waals surface area contributed by atoms with E-state index in [0.717, 1.165) is 0 Å². The van der Waals surface area contributed by atoms with Crippen LogP contribution in [0.2, 0.25) is 0 Å². The highest BCUT2D eigenvalue weighted by Gasteiger charge is 2.14. The first-order valence-corrected chi connectivity index (χ1v) is 5.25. The molecule has 0 radical (unpaired) electrons. The summed E-state index contributed by atoms with van der Waals surface area (Å²) in [6.07, 6.45) is 3.32. The van der Waals surface area contributed by atoms with Gasteiger partial charge < -0.3 is 15.0 Å². The maximum atomic E-state index is 10.9. The molecule has 94 valence electrons. The fourth-order valence-corrected chi connectivity index (χ4v) is 1.51. The molecule has 2 rings (SSSR count). The standard InChI is InChI=1S/C11H12N4O3/c1-18-8-2-3-9(10(6-8)15(16)17)14-7-11-12-4-5-13-11/h2-6,14H,7H2,1H3,(H,12,13). The van der Waals surface area contributed by atoms with E-state index in [9.17, 15) is 10.1 Å². The van der Waals surface area contributed by atoms with Gasteiger partial charge in [0.15, 0.2) is 0 Å². The minimum atomic E-state index is -0.451. The van der Waals surface area contributed by atoms with Crippen molar-refractivity contribution in [3.05, 3.63) is 46.5 Å². The highest BCUT2D eigenvalue weighted by molar-refractivity contribution is 5.63. The molecule has 1 aromatic carbocycles. The maximum Gasteiger partial charge on any atom is 0.296 e. The molecule has 0 atom stereocenters. The molecule has 0 fully saturated rings. The molecular formula is C11H12N4O3. The molecule has 7 heteroatoms. The van der Waals surface area contributed by atoms with E-state index in [1.54, 1.807) is 24.5 Å². The van der Waals surface area contributed by atoms with Gasteiger partial charge in [0.25, 0.3) is 5.69 Å². The average molecular weight is 248 g/mol. The molecule has 2 aromatic rings. The van der Waals surface area contributed by atoms with Crippen LogP contribution in [0.1, 0.15) is 5.82 Å². The fraction of sp³-hybridized carbons (Fsp3) is 0.182. The first kappa shape index (κ1) is 11.9. The number of aromatic amines is 1. The molecule has 7 nitrogen and oxygen atoms in total.